The Hall–Kier alpha value is -1.90. The van der Waals surface area contributed by atoms with Gasteiger partial charge in [0.2, 0.25) is 0 Å². The van der Waals surface area contributed by atoms with E-state index < -0.39 is 5.97 Å². The summed E-state index contributed by atoms with van der Waals surface area (Å²) in [4.78, 5) is 22.2. The summed E-state index contributed by atoms with van der Waals surface area (Å²) in [5.41, 5.74) is 0.927. The highest BCUT2D eigenvalue weighted by Crippen LogP contribution is 2.15. The summed E-state index contributed by atoms with van der Waals surface area (Å²) in [6.07, 6.45) is 0. The zero-order valence-corrected chi connectivity index (χ0v) is 8.74. The number of carbonyl (C=O) groups is 2. The highest BCUT2D eigenvalue weighted by molar-refractivity contribution is 6.08. The number of hydrogen-bond donors (Lipinski definition) is 0. The number of esters is 1. The quantitative estimate of drug-likeness (QED) is 0.328. The van der Waals surface area contributed by atoms with Crippen LogP contribution >= 0.6 is 0 Å². The number of rotatable bonds is 3. The van der Waals surface area contributed by atoms with E-state index in [4.69, 9.17) is 4.74 Å². The normalized spacial score (nSPS) is 9.47. The third-order valence-electron chi connectivity index (χ3n) is 1.75. The Labute approximate surface area is 88.4 Å². The van der Waals surface area contributed by atoms with Crippen molar-refractivity contribution in [3.05, 3.63) is 42.0 Å². The van der Waals surface area contributed by atoms with Gasteiger partial charge in [-0.1, -0.05) is 18.7 Å². The molecular formula is C12H12O3. The number of Topliss-reactive ketones (excluding diaryl/α,β-unsaturated/α-hetero) is 1. The van der Waals surface area contributed by atoms with Gasteiger partial charge in [-0.2, -0.15) is 0 Å². The van der Waals surface area contributed by atoms with Crippen molar-refractivity contribution < 1.29 is 14.3 Å². The predicted octanol–water partition coefficient (Wildman–Crippen LogP) is 2.37. The standard InChI is InChI=1S/C12H12O3/c1-8(2)12(14)10-5-4-6-11(7-10)15-9(3)13/h4-7H,1H2,2-3H3. The molecule has 3 heteroatoms. The predicted molar refractivity (Wildman–Crippen MR) is 56.9 cm³/mol. The van der Waals surface area contributed by atoms with E-state index in [9.17, 15) is 9.59 Å². The summed E-state index contributed by atoms with van der Waals surface area (Å²) < 4.78 is 4.86. The topological polar surface area (TPSA) is 43.4 Å². The molecule has 0 aliphatic carbocycles. The zero-order chi connectivity index (χ0) is 11.4. The Bertz CT molecular complexity index is 419. The first-order valence-corrected chi connectivity index (χ1v) is 4.49. The van der Waals surface area contributed by atoms with E-state index >= 15 is 0 Å². The number of benzene rings is 1. The van der Waals surface area contributed by atoms with Crippen LogP contribution in [0.4, 0.5) is 0 Å². The van der Waals surface area contributed by atoms with Crippen LogP contribution in [0.15, 0.2) is 36.4 Å². The van der Waals surface area contributed by atoms with Gasteiger partial charge < -0.3 is 4.74 Å². The van der Waals surface area contributed by atoms with Crippen molar-refractivity contribution in [3.63, 3.8) is 0 Å². The highest BCUT2D eigenvalue weighted by Gasteiger charge is 2.07. The Kier molecular flexibility index (Phi) is 3.39. The maximum absolute atomic E-state index is 11.5. The first-order valence-electron chi connectivity index (χ1n) is 4.49. The van der Waals surface area contributed by atoms with Crippen molar-refractivity contribution in [3.8, 4) is 5.75 Å². The van der Waals surface area contributed by atoms with Gasteiger partial charge in [-0.15, -0.1) is 0 Å². The third kappa shape index (κ3) is 3.06. The molecule has 3 nitrogen and oxygen atoms in total. The van der Waals surface area contributed by atoms with Crippen LogP contribution in [0.25, 0.3) is 0 Å². The first-order chi connectivity index (χ1) is 7.00. The minimum Gasteiger partial charge on any atom is -0.427 e. The van der Waals surface area contributed by atoms with Gasteiger partial charge in [0, 0.05) is 12.5 Å². The Morgan fingerprint density at radius 1 is 1.27 bits per heavy atom. The SMILES string of the molecule is C=C(C)C(=O)c1cccc(OC(C)=O)c1. The maximum atomic E-state index is 11.5. The molecule has 1 aromatic carbocycles. The second-order valence-corrected chi connectivity index (χ2v) is 3.23. The molecule has 0 aliphatic heterocycles. The Balaban J connectivity index is 2.97. The van der Waals surface area contributed by atoms with Gasteiger partial charge in [0.25, 0.3) is 0 Å². The van der Waals surface area contributed by atoms with Crippen LogP contribution in [-0.4, -0.2) is 11.8 Å². The van der Waals surface area contributed by atoms with Gasteiger partial charge in [0.1, 0.15) is 5.75 Å². The average molecular weight is 204 g/mol. The minimum atomic E-state index is -0.407. The fourth-order valence-corrected chi connectivity index (χ4v) is 1.11. The lowest BCUT2D eigenvalue weighted by atomic mass is 10.1. The van der Waals surface area contributed by atoms with Crippen molar-refractivity contribution in [2.75, 3.05) is 0 Å². The lowest BCUT2D eigenvalue weighted by Crippen LogP contribution is -2.04. The van der Waals surface area contributed by atoms with Crippen molar-refractivity contribution in [1.82, 2.24) is 0 Å². The van der Waals surface area contributed by atoms with Gasteiger partial charge in [-0.25, -0.2) is 0 Å². The molecule has 0 spiro atoms. The number of allylic oxidation sites excluding steroid dienone is 1. The summed E-state index contributed by atoms with van der Waals surface area (Å²) in [6.45, 7) is 6.52. The van der Waals surface area contributed by atoms with E-state index in [1.807, 2.05) is 0 Å². The van der Waals surface area contributed by atoms with Crippen molar-refractivity contribution in [1.29, 1.82) is 0 Å². The molecule has 0 N–H and O–H groups in total. The smallest absolute Gasteiger partial charge is 0.308 e. The van der Waals surface area contributed by atoms with Crippen molar-refractivity contribution >= 4 is 11.8 Å². The molecule has 1 aromatic rings. The van der Waals surface area contributed by atoms with Crippen LogP contribution in [-0.2, 0) is 4.79 Å². The molecule has 0 saturated heterocycles. The lowest BCUT2D eigenvalue weighted by molar-refractivity contribution is -0.131. The van der Waals surface area contributed by atoms with Gasteiger partial charge in [-0.3, -0.25) is 9.59 Å². The monoisotopic (exact) mass is 204 g/mol. The molecule has 78 valence electrons. The van der Waals surface area contributed by atoms with Crippen LogP contribution in [0, 0.1) is 0 Å². The van der Waals surface area contributed by atoms with E-state index in [2.05, 4.69) is 6.58 Å². The molecule has 0 amide bonds. The summed E-state index contributed by atoms with van der Waals surface area (Å²) >= 11 is 0. The van der Waals surface area contributed by atoms with Gasteiger partial charge >= 0.3 is 5.97 Å². The lowest BCUT2D eigenvalue weighted by Gasteiger charge is -2.03. The molecule has 0 saturated carbocycles. The molecule has 0 unspecified atom stereocenters. The summed E-state index contributed by atoms with van der Waals surface area (Å²) in [6, 6.07) is 6.47. The van der Waals surface area contributed by atoms with Crippen LogP contribution in [0.2, 0.25) is 0 Å². The van der Waals surface area contributed by atoms with Gasteiger partial charge in [0.05, 0.1) is 0 Å². The second kappa shape index (κ2) is 4.55. The van der Waals surface area contributed by atoms with E-state index in [1.165, 1.54) is 13.0 Å². The Morgan fingerprint density at radius 2 is 1.93 bits per heavy atom. The zero-order valence-electron chi connectivity index (χ0n) is 8.74. The molecular weight excluding hydrogens is 192 g/mol. The van der Waals surface area contributed by atoms with E-state index in [1.54, 1.807) is 25.1 Å². The second-order valence-electron chi connectivity index (χ2n) is 3.23. The molecule has 0 heterocycles. The van der Waals surface area contributed by atoms with Crippen molar-refractivity contribution in [2.45, 2.75) is 13.8 Å². The summed E-state index contributed by atoms with van der Waals surface area (Å²) in [5.74, 6) is -0.187. The largest absolute Gasteiger partial charge is 0.427 e. The third-order valence-corrected chi connectivity index (χ3v) is 1.75. The molecule has 0 aromatic heterocycles. The molecule has 1 rings (SSSR count). The highest BCUT2D eigenvalue weighted by atomic mass is 16.5. The molecule has 15 heavy (non-hydrogen) atoms. The van der Waals surface area contributed by atoms with E-state index in [-0.39, 0.29) is 5.78 Å². The number of ketones is 1. The van der Waals surface area contributed by atoms with E-state index in [0.717, 1.165) is 0 Å². The first kappa shape index (κ1) is 11.2. The average Bonchev–Trinajstić information content (AvgIpc) is 2.16. The number of hydrogen-bond acceptors (Lipinski definition) is 3. The van der Waals surface area contributed by atoms with Crippen LogP contribution in [0.1, 0.15) is 24.2 Å². The molecule has 0 fully saturated rings. The van der Waals surface area contributed by atoms with Crippen LogP contribution in [0.5, 0.6) is 5.75 Å². The maximum Gasteiger partial charge on any atom is 0.308 e. The van der Waals surface area contributed by atoms with E-state index in [0.29, 0.717) is 16.9 Å². The Morgan fingerprint density at radius 3 is 2.47 bits per heavy atom. The number of ether oxygens (including phenoxy) is 1. The van der Waals surface area contributed by atoms with Gasteiger partial charge in [-0.05, 0) is 24.6 Å². The number of carbonyl (C=O) groups excluding carboxylic acids is 2. The van der Waals surface area contributed by atoms with Crippen molar-refractivity contribution in [2.24, 2.45) is 0 Å². The fourth-order valence-electron chi connectivity index (χ4n) is 1.11. The molecule has 0 atom stereocenters. The summed E-state index contributed by atoms with van der Waals surface area (Å²) in [5, 5.41) is 0. The van der Waals surface area contributed by atoms with Crippen LogP contribution < -0.4 is 4.74 Å². The molecule has 0 aliphatic rings. The molecule has 0 radical (unpaired) electrons. The van der Waals surface area contributed by atoms with Gasteiger partial charge in [0.15, 0.2) is 5.78 Å². The fraction of sp³-hybridized carbons (Fsp3) is 0.167. The summed E-state index contributed by atoms with van der Waals surface area (Å²) in [7, 11) is 0. The minimum absolute atomic E-state index is 0.149. The van der Waals surface area contributed by atoms with Crippen LogP contribution in [0.3, 0.4) is 0 Å². The molecule has 0 bridgehead atoms.